The van der Waals surface area contributed by atoms with Gasteiger partial charge in [-0.1, -0.05) is 54.6 Å². The number of carbonyl (C=O) groups excluding carboxylic acids is 1. The Hall–Kier alpha value is -3.02. The topological polar surface area (TPSA) is 46.5 Å². The van der Waals surface area contributed by atoms with Crippen molar-refractivity contribution in [3.63, 3.8) is 0 Å². The van der Waals surface area contributed by atoms with Gasteiger partial charge in [-0.05, 0) is 17.9 Å². The summed E-state index contributed by atoms with van der Waals surface area (Å²) < 4.78 is 46.9. The van der Waals surface area contributed by atoms with Gasteiger partial charge in [0.25, 0.3) is 0 Å². The van der Waals surface area contributed by atoms with Crippen LogP contribution in [0.3, 0.4) is 0 Å². The average molecular weight is 360 g/mol. The number of esters is 1. The fourth-order valence-electron chi connectivity index (χ4n) is 3.01. The van der Waals surface area contributed by atoms with Crippen LogP contribution >= 0.6 is 0 Å². The van der Waals surface area contributed by atoms with E-state index in [9.17, 15) is 23.1 Å². The second-order valence-corrected chi connectivity index (χ2v) is 5.60. The van der Waals surface area contributed by atoms with Crippen LogP contribution in [0.5, 0.6) is 5.75 Å². The Morgan fingerprint density at radius 1 is 1.00 bits per heavy atom. The molecular weight excluding hydrogens is 345 g/mol. The molecular formula is C20H15F3O3. The van der Waals surface area contributed by atoms with E-state index in [0.717, 1.165) is 0 Å². The van der Waals surface area contributed by atoms with Gasteiger partial charge in [-0.3, -0.25) is 0 Å². The molecule has 3 aromatic carbocycles. The van der Waals surface area contributed by atoms with Crippen molar-refractivity contribution in [1.29, 1.82) is 0 Å². The molecule has 0 aromatic heterocycles. The average Bonchev–Trinajstić information content (AvgIpc) is 2.61. The zero-order valence-corrected chi connectivity index (χ0v) is 13.8. The standard InChI is InChI=1S/C20H15F3O3/c1-2-26-19(25)16-15(12-8-4-3-5-9-12)17(20(21,22)23)13-10-6-7-11-14(13)18(16)24/h3-11,24H,2H2,1H3. The number of alkyl halides is 3. The normalized spacial score (nSPS) is 11.5. The number of fused-ring (bicyclic) bond motifs is 1. The van der Waals surface area contributed by atoms with Crippen LogP contribution in [0, 0.1) is 0 Å². The number of benzene rings is 3. The van der Waals surface area contributed by atoms with Crippen LogP contribution in [0.15, 0.2) is 54.6 Å². The van der Waals surface area contributed by atoms with Crippen molar-refractivity contribution in [2.75, 3.05) is 6.61 Å². The lowest BCUT2D eigenvalue weighted by atomic mass is 9.88. The summed E-state index contributed by atoms with van der Waals surface area (Å²) in [4.78, 5) is 12.4. The molecule has 0 amide bonds. The van der Waals surface area contributed by atoms with Gasteiger partial charge in [-0.25, -0.2) is 4.79 Å². The van der Waals surface area contributed by atoms with Gasteiger partial charge < -0.3 is 9.84 Å². The van der Waals surface area contributed by atoms with E-state index >= 15 is 0 Å². The first kappa shape index (κ1) is 17.8. The molecule has 134 valence electrons. The Labute approximate surface area is 147 Å². The van der Waals surface area contributed by atoms with Crippen LogP contribution in [-0.4, -0.2) is 17.7 Å². The zero-order valence-electron chi connectivity index (χ0n) is 13.8. The molecule has 3 aromatic rings. The molecule has 0 fully saturated rings. The van der Waals surface area contributed by atoms with Gasteiger partial charge >= 0.3 is 12.1 Å². The van der Waals surface area contributed by atoms with Crippen LogP contribution < -0.4 is 0 Å². The van der Waals surface area contributed by atoms with Gasteiger partial charge in [0.1, 0.15) is 11.3 Å². The third kappa shape index (κ3) is 2.98. The summed E-state index contributed by atoms with van der Waals surface area (Å²) in [6.07, 6.45) is -4.74. The van der Waals surface area contributed by atoms with Gasteiger partial charge in [0, 0.05) is 10.9 Å². The van der Waals surface area contributed by atoms with Crippen molar-refractivity contribution in [2.24, 2.45) is 0 Å². The van der Waals surface area contributed by atoms with E-state index in [1.807, 2.05) is 0 Å². The summed E-state index contributed by atoms with van der Waals surface area (Å²) in [6.45, 7) is 1.52. The first-order valence-corrected chi connectivity index (χ1v) is 7.93. The first-order chi connectivity index (χ1) is 12.4. The number of aromatic hydroxyl groups is 1. The minimum atomic E-state index is -4.74. The Morgan fingerprint density at radius 2 is 1.58 bits per heavy atom. The molecule has 0 aliphatic carbocycles. The molecule has 6 heteroatoms. The van der Waals surface area contributed by atoms with Crippen molar-refractivity contribution < 1.29 is 27.8 Å². The number of carbonyl (C=O) groups is 1. The van der Waals surface area contributed by atoms with E-state index in [1.54, 1.807) is 25.1 Å². The molecule has 0 heterocycles. The molecule has 0 aliphatic rings. The summed E-state index contributed by atoms with van der Waals surface area (Å²) in [5, 5.41) is 10.4. The third-order valence-electron chi connectivity index (χ3n) is 4.01. The number of phenols is 1. The smallest absolute Gasteiger partial charge is 0.417 e. The van der Waals surface area contributed by atoms with Gasteiger partial charge in [0.05, 0.1) is 12.2 Å². The predicted octanol–water partition coefficient (Wildman–Crippen LogP) is 5.41. The maximum absolute atomic E-state index is 14.0. The highest BCUT2D eigenvalue weighted by molar-refractivity contribution is 6.10. The molecule has 1 N–H and O–H groups in total. The molecule has 0 atom stereocenters. The van der Waals surface area contributed by atoms with Crippen LogP contribution in [-0.2, 0) is 10.9 Å². The molecule has 26 heavy (non-hydrogen) atoms. The monoisotopic (exact) mass is 360 g/mol. The fourth-order valence-corrected chi connectivity index (χ4v) is 3.01. The molecule has 3 rings (SSSR count). The quantitative estimate of drug-likeness (QED) is 0.636. The molecule has 0 aliphatic heterocycles. The Kier molecular flexibility index (Phi) is 4.59. The van der Waals surface area contributed by atoms with Gasteiger partial charge in [-0.2, -0.15) is 13.2 Å². The van der Waals surface area contributed by atoms with E-state index < -0.39 is 29.0 Å². The third-order valence-corrected chi connectivity index (χ3v) is 4.01. The van der Waals surface area contributed by atoms with Crippen molar-refractivity contribution in [3.05, 3.63) is 65.7 Å². The first-order valence-electron chi connectivity index (χ1n) is 7.93. The zero-order chi connectivity index (χ0) is 18.9. The van der Waals surface area contributed by atoms with Gasteiger partial charge in [0.2, 0.25) is 0 Å². The second kappa shape index (κ2) is 6.71. The number of hydrogen-bond donors (Lipinski definition) is 1. The maximum Gasteiger partial charge on any atom is 0.417 e. The highest BCUT2D eigenvalue weighted by Crippen LogP contribution is 2.47. The number of rotatable bonds is 3. The molecule has 0 saturated carbocycles. The number of ether oxygens (including phenoxy) is 1. The molecule has 0 saturated heterocycles. The van der Waals surface area contributed by atoms with Gasteiger partial charge in [0.15, 0.2) is 0 Å². The Morgan fingerprint density at radius 3 is 2.15 bits per heavy atom. The van der Waals surface area contributed by atoms with Crippen molar-refractivity contribution in [2.45, 2.75) is 13.1 Å². The van der Waals surface area contributed by atoms with Crippen LogP contribution in [0.2, 0.25) is 0 Å². The van der Waals surface area contributed by atoms with Crippen LogP contribution in [0.4, 0.5) is 13.2 Å². The molecule has 3 nitrogen and oxygen atoms in total. The van der Waals surface area contributed by atoms with Crippen molar-refractivity contribution >= 4 is 16.7 Å². The van der Waals surface area contributed by atoms with Crippen LogP contribution in [0.1, 0.15) is 22.8 Å². The summed E-state index contributed by atoms with van der Waals surface area (Å²) in [7, 11) is 0. The minimum Gasteiger partial charge on any atom is -0.506 e. The fraction of sp³-hybridized carbons (Fsp3) is 0.150. The lowest BCUT2D eigenvalue weighted by Gasteiger charge is -2.21. The molecule has 0 spiro atoms. The maximum atomic E-state index is 14.0. The summed E-state index contributed by atoms with van der Waals surface area (Å²) >= 11 is 0. The van der Waals surface area contributed by atoms with Crippen molar-refractivity contribution in [1.82, 2.24) is 0 Å². The number of hydrogen-bond acceptors (Lipinski definition) is 3. The highest BCUT2D eigenvalue weighted by atomic mass is 19.4. The lowest BCUT2D eigenvalue weighted by molar-refractivity contribution is -0.135. The van der Waals surface area contributed by atoms with Gasteiger partial charge in [-0.15, -0.1) is 0 Å². The van der Waals surface area contributed by atoms with Crippen molar-refractivity contribution in [3.8, 4) is 16.9 Å². The highest BCUT2D eigenvalue weighted by Gasteiger charge is 2.39. The van der Waals surface area contributed by atoms with Crippen LogP contribution in [0.25, 0.3) is 21.9 Å². The second-order valence-electron chi connectivity index (χ2n) is 5.60. The number of phenolic OH excluding ortho intramolecular Hbond substituents is 1. The summed E-state index contributed by atoms with van der Waals surface area (Å²) in [5.41, 5.74) is -1.67. The minimum absolute atomic E-state index is 0.0271. The summed E-state index contributed by atoms with van der Waals surface area (Å²) in [5.74, 6) is -1.52. The van der Waals surface area contributed by atoms with E-state index in [1.165, 1.54) is 36.4 Å². The Balaban J connectivity index is 2.55. The van der Waals surface area contributed by atoms with E-state index in [2.05, 4.69) is 0 Å². The summed E-state index contributed by atoms with van der Waals surface area (Å²) in [6, 6.07) is 13.3. The molecule has 0 radical (unpaired) electrons. The predicted molar refractivity (Wildman–Crippen MR) is 92.0 cm³/mol. The Bertz CT molecular complexity index is 963. The molecule has 0 unspecified atom stereocenters. The number of halogens is 3. The van der Waals surface area contributed by atoms with E-state index in [-0.39, 0.29) is 28.5 Å². The lowest BCUT2D eigenvalue weighted by Crippen LogP contribution is -2.14. The van der Waals surface area contributed by atoms with E-state index in [0.29, 0.717) is 0 Å². The largest absolute Gasteiger partial charge is 0.506 e. The SMILES string of the molecule is CCOC(=O)c1c(-c2ccccc2)c(C(F)(F)F)c2ccccc2c1O. The van der Waals surface area contributed by atoms with E-state index in [4.69, 9.17) is 4.74 Å². The molecule has 0 bridgehead atoms.